The van der Waals surface area contributed by atoms with Gasteiger partial charge in [0.05, 0.1) is 21.9 Å². The molecular formula is C20H16BN3O3. The fraction of sp³-hybridized carbons (Fsp3) is 0.150. The number of nitriles is 1. The SMILES string of the molecule is Bc1ccc2ncc([N+](=O)[O-])c(C(=O)c3ccc(C(C)(C)C#N)cc3)c2c1. The summed E-state index contributed by atoms with van der Waals surface area (Å²) in [4.78, 5) is 28.1. The van der Waals surface area contributed by atoms with Gasteiger partial charge in [-0.15, -0.1) is 0 Å². The van der Waals surface area contributed by atoms with Crippen molar-refractivity contribution in [1.29, 1.82) is 5.26 Å². The fourth-order valence-electron chi connectivity index (χ4n) is 2.92. The molecule has 0 amide bonds. The van der Waals surface area contributed by atoms with Crippen LogP contribution in [0.4, 0.5) is 5.69 Å². The Balaban J connectivity index is 2.18. The molecule has 1 aromatic heterocycles. The van der Waals surface area contributed by atoms with Crippen LogP contribution in [0, 0.1) is 21.4 Å². The Morgan fingerprint density at radius 3 is 2.48 bits per heavy atom. The zero-order chi connectivity index (χ0) is 19.8. The lowest BCUT2D eigenvalue weighted by Gasteiger charge is -2.16. The molecule has 0 spiro atoms. The van der Waals surface area contributed by atoms with E-state index >= 15 is 0 Å². The molecule has 7 heteroatoms. The van der Waals surface area contributed by atoms with Crippen molar-refractivity contribution >= 4 is 35.7 Å². The van der Waals surface area contributed by atoms with Crippen molar-refractivity contribution < 1.29 is 9.72 Å². The lowest BCUT2D eigenvalue weighted by Crippen LogP contribution is -2.14. The van der Waals surface area contributed by atoms with Gasteiger partial charge in [0.2, 0.25) is 5.78 Å². The van der Waals surface area contributed by atoms with E-state index in [1.165, 1.54) is 0 Å². The molecule has 0 aliphatic carbocycles. The molecule has 0 aliphatic heterocycles. The quantitative estimate of drug-likeness (QED) is 0.309. The summed E-state index contributed by atoms with van der Waals surface area (Å²) in [6.45, 7) is 3.57. The molecule has 6 nitrogen and oxygen atoms in total. The van der Waals surface area contributed by atoms with Crippen LogP contribution in [0.15, 0.2) is 48.7 Å². The Morgan fingerprint density at radius 2 is 1.89 bits per heavy atom. The summed E-state index contributed by atoms with van der Waals surface area (Å²) in [5, 5.41) is 21.2. The number of benzene rings is 2. The number of nitrogens with zero attached hydrogens (tertiary/aromatic N) is 3. The smallest absolute Gasteiger partial charge is 0.288 e. The molecule has 0 saturated heterocycles. The molecule has 3 aromatic rings. The number of fused-ring (bicyclic) bond motifs is 1. The van der Waals surface area contributed by atoms with Gasteiger partial charge >= 0.3 is 0 Å². The number of carbonyl (C=O) groups is 1. The van der Waals surface area contributed by atoms with Gasteiger partial charge in [-0.3, -0.25) is 14.9 Å². The first-order valence-electron chi connectivity index (χ1n) is 8.35. The number of aromatic nitrogens is 1. The van der Waals surface area contributed by atoms with E-state index in [4.69, 9.17) is 0 Å². The van der Waals surface area contributed by atoms with Gasteiger partial charge in [-0.2, -0.15) is 5.26 Å². The minimum Gasteiger partial charge on any atom is -0.288 e. The maximum Gasteiger partial charge on any atom is 0.299 e. The summed E-state index contributed by atoms with van der Waals surface area (Å²) in [6.07, 6.45) is 1.12. The van der Waals surface area contributed by atoms with E-state index in [-0.39, 0.29) is 11.3 Å². The monoisotopic (exact) mass is 357 g/mol. The molecule has 0 N–H and O–H groups in total. The first-order valence-corrected chi connectivity index (χ1v) is 8.35. The largest absolute Gasteiger partial charge is 0.299 e. The van der Waals surface area contributed by atoms with Crippen LogP contribution >= 0.6 is 0 Å². The van der Waals surface area contributed by atoms with Gasteiger partial charge in [-0.25, -0.2) is 4.98 Å². The molecule has 0 bridgehead atoms. The molecule has 0 aliphatic rings. The Kier molecular flexibility index (Phi) is 4.50. The topological polar surface area (TPSA) is 96.9 Å². The van der Waals surface area contributed by atoms with Gasteiger partial charge in [0, 0.05) is 10.9 Å². The van der Waals surface area contributed by atoms with E-state index in [2.05, 4.69) is 11.1 Å². The molecule has 3 rings (SSSR count). The molecule has 0 saturated carbocycles. The van der Waals surface area contributed by atoms with Crippen LogP contribution < -0.4 is 5.46 Å². The lowest BCUT2D eigenvalue weighted by molar-refractivity contribution is -0.385. The summed E-state index contributed by atoms with van der Waals surface area (Å²) in [5.41, 5.74) is 1.52. The normalized spacial score (nSPS) is 11.1. The van der Waals surface area contributed by atoms with E-state index in [0.717, 1.165) is 17.2 Å². The third kappa shape index (κ3) is 3.29. The van der Waals surface area contributed by atoms with Gasteiger partial charge in [0.1, 0.15) is 19.6 Å². The molecule has 2 aromatic carbocycles. The standard InChI is InChI=1S/C20H16BN3O3/c1-20(2,11-22)13-5-3-12(4-6-13)19(25)18-15-9-14(21)7-8-16(15)23-10-17(18)24(26)27/h3-10H,21H2,1-2H3. The van der Waals surface area contributed by atoms with E-state index in [0.29, 0.717) is 16.5 Å². The first-order chi connectivity index (χ1) is 12.7. The van der Waals surface area contributed by atoms with Crippen molar-refractivity contribution in [1.82, 2.24) is 4.98 Å². The van der Waals surface area contributed by atoms with Gasteiger partial charge in [0.25, 0.3) is 5.69 Å². The van der Waals surface area contributed by atoms with Crippen LogP contribution in [-0.4, -0.2) is 23.5 Å². The number of pyridine rings is 1. The molecule has 0 atom stereocenters. The highest BCUT2D eigenvalue weighted by Gasteiger charge is 2.26. The second-order valence-corrected chi connectivity index (χ2v) is 6.94. The van der Waals surface area contributed by atoms with Crippen LogP contribution in [0.1, 0.15) is 35.3 Å². The van der Waals surface area contributed by atoms with Gasteiger partial charge < -0.3 is 0 Å². The number of ketones is 1. The Hall–Kier alpha value is -3.53. The molecule has 132 valence electrons. The Bertz CT molecular complexity index is 1120. The average molecular weight is 357 g/mol. The van der Waals surface area contributed by atoms with Gasteiger partial charge in [-0.05, 0) is 25.5 Å². The summed E-state index contributed by atoms with van der Waals surface area (Å²) in [6, 6.07) is 14.1. The van der Waals surface area contributed by atoms with Crippen LogP contribution in [0.5, 0.6) is 0 Å². The van der Waals surface area contributed by atoms with Crippen LogP contribution in [-0.2, 0) is 5.41 Å². The fourth-order valence-corrected chi connectivity index (χ4v) is 2.92. The van der Waals surface area contributed by atoms with Gasteiger partial charge in [-0.1, -0.05) is 41.9 Å². The Labute approximate surface area is 157 Å². The van der Waals surface area contributed by atoms with Crippen molar-refractivity contribution in [2.75, 3.05) is 0 Å². The van der Waals surface area contributed by atoms with Crippen molar-refractivity contribution in [3.05, 3.63) is 75.5 Å². The minimum atomic E-state index is -0.686. The lowest BCUT2D eigenvalue weighted by atomic mass is 9.85. The maximum absolute atomic E-state index is 13.1. The highest BCUT2D eigenvalue weighted by Crippen LogP contribution is 2.29. The summed E-state index contributed by atoms with van der Waals surface area (Å²) in [7, 11) is 1.85. The van der Waals surface area contributed by atoms with E-state index in [1.54, 1.807) is 50.2 Å². The summed E-state index contributed by atoms with van der Waals surface area (Å²) < 4.78 is 0. The predicted molar refractivity (Wildman–Crippen MR) is 105 cm³/mol. The minimum absolute atomic E-state index is 0.0287. The van der Waals surface area contributed by atoms with Crippen molar-refractivity contribution in [3.63, 3.8) is 0 Å². The van der Waals surface area contributed by atoms with Crippen molar-refractivity contribution in [3.8, 4) is 6.07 Å². The second kappa shape index (κ2) is 6.65. The van der Waals surface area contributed by atoms with E-state index in [1.807, 2.05) is 13.9 Å². The number of hydrogen-bond donors (Lipinski definition) is 0. The van der Waals surface area contributed by atoms with Gasteiger partial charge in [0.15, 0.2) is 0 Å². The molecule has 0 unspecified atom stereocenters. The molecule has 27 heavy (non-hydrogen) atoms. The molecule has 1 heterocycles. The highest BCUT2D eigenvalue weighted by atomic mass is 16.6. The van der Waals surface area contributed by atoms with E-state index in [9.17, 15) is 20.2 Å². The summed E-state index contributed by atoms with van der Waals surface area (Å²) >= 11 is 0. The third-order valence-corrected chi connectivity index (χ3v) is 4.58. The van der Waals surface area contributed by atoms with Crippen molar-refractivity contribution in [2.24, 2.45) is 0 Å². The number of carbonyl (C=O) groups excluding carboxylic acids is 1. The average Bonchev–Trinajstić information content (AvgIpc) is 2.66. The van der Waals surface area contributed by atoms with Crippen LogP contribution in [0.3, 0.4) is 0 Å². The first kappa shape index (κ1) is 18.3. The molecule has 0 fully saturated rings. The predicted octanol–water partition coefficient (Wildman–Crippen LogP) is 2.43. The number of rotatable bonds is 4. The van der Waals surface area contributed by atoms with Crippen LogP contribution in [0.25, 0.3) is 10.9 Å². The number of nitro groups is 1. The molecule has 0 radical (unpaired) electrons. The second-order valence-electron chi connectivity index (χ2n) is 6.94. The van der Waals surface area contributed by atoms with Crippen LogP contribution in [0.2, 0.25) is 0 Å². The maximum atomic E-state index is 13.1. The summed E-state index contributed by atoms with van der Waals surface area (Å²) in [5.74, 6) is -0.444. The molecular weight excluding hydrogens is 341 g/mol. The Morgan fingerprint density at radius 1 is 1.22 bits per heavy atom. The van der Waals surface area contributed by atoms with E-state index < -0.39 is 16.1 Å². The number of hydrogen-bond acceptors (Lipinski definition) is 5. The third-order valence-electron chi connectivity index (χ3n) is 4.58. The highest BCUT2D eigenvalue weighted by molar-refractivity contribution is 6.33. The zero-order valence-corrected chi connectivity index (χ0v) is 15.2. The zero-order valence-electron chi connectivity index (χ0n) is 15.2. The van der Waals surface area contributed by atoms with Crippen molar-refractivity contribution in [2.45, 2.75) is 19.3 Å².